The Hall–Kier alpha value is -3.91. The second-order valence-electron chi connectivity index (χ2n) is 7.23. The van der Waals surface area contributed by atoms with Crippen molar-refractivity contribution in [3.63, 3.8) is 0 Å². The molecular formula is C21H16ClF3N4O6S. The number of carbonyl (C=O) groups is 1. The van der Waals surface area contributed by atoms with E-state index in [4.69, 9.17) is 16.0 Å². The van der Waals surface area contributed by atoms with Crippen molar-refractivity contribution in [2.75, 3.05) is 17.1 Å². The molecule has 0 fully saturated rings. The highest BCUT2D eigenvalue weighted by Gasteiger charge is 2.34. The Balaban J connectivity index is 1.70. The van der Waals surface area contributed by atoms with Crippen molar-refractivity contribution in [1.29, 1.82) is 0 Å². The number of nitro groups is 1. The lowest BCUT2D eigenvalue weighted by Gasteiger charge is -2.22. The molecule has 1 amide bonds. The summed E-state index contributed by atoms with van der Waals surface area (Å²) in [5.74, 6) is -0.386. The number of hydrogen-bond acceptors (Lipinski definition) is 7. The summed E-state index contributed by atoms with van der Waals surface area (Å²) in [6.07, 6.45) is -2.99. The van der Waals surface area contributed by atoms with Crippen LogP contribution in [0.4, 0.5) is 24.5 Å². The van der Waals surface area contributed by atoms with E-state index in [0.717, 1.165) is 24.6 Å². The van der Waals surface area contributed by atoms with Crippen molar-refractivity contribution in [1.82, 2.24) is 5.43 Å². The minimum Gasteiger partial charge on any atom is -0.455 e. The molecule has 3 aromatic rings. The summed E-state index contributed by atoms with van der Waals surface area (Å²) in [7, 11) is -4.15. The molecule has 0 radical (unpaired) electrons. The lowest BCUT2D eigenvalue weighted by atomic mass is 10.1. The van der Waals surface area contributed by atoms with Gasteiger partial charge in [-0.05, 0) is 42.5 Å². The maximum Gasteiger partial charge on any atom is 0.417 e. The number of rotatable bonds is 8. The smallest absolute Gasteiger partial charge is 0.417 e. The van der Waals surface area contributed by atoms with E-state index in [9.17, 15) is 36.5 Å². The number of anilines is 1. The van der Waals surface area contributed by atoms with Gasteiger partial charge in [-0.15, -0.1) is 0 Å². The van der Waals surface area contributed by atoms with Gasteiger partial charge in [0, 0.05) is 17.7 Å². The minimum atomic E-state index is -4.83. The second kappa shape index (κ2) is 10.4. The van der Waals surface area contributed by atoms with Crippen LogP contribution in [0.2, 0.25) is 5.02 Å². The molecule has 3 rings (SSSR count). The normalized spacial score (nSPS) is 12.0. The van der Waals surface area contributed by atoms with Crippen LogP contribution in [-0.2, 0) is 21.0 Å². The molecule has 0 unspecified atom stereocenters. The van der Waals surface area contributed by atoms with Gasteiger partial charge in [0.2, 0.25) is 10.0 Å². The van der Waals surface area contributed by atoms with Crippen molar-refractivity contribution >= 4 is 45.1 Å². The van der Waals surface area contributed by atoms with Crippen LogP contribution in [-0.4, -0.2) is 38.3 Å². The highest BCUT2D eigenvalue weighted by atomic mass is 35.5. The van der Waals surface area contributed by atoms with Crippen molar-refractivity contribution in [3.05, 3.63) is 81.1 Å². The first-order valence-electron chi connectivity index (χ1n) is 9.77. The van der Waals surface area contributed by atoms with Gasteiger partial charge in [-0.3, -0.25) is 19.2 Å². The Morgan fingerprint density at radius 1 is 1.19 bits per heavy atom. The average Bonchev–Trinajstić information content (AvgIpc) is 3.25. The average molecular weight is 545 g/mol. The Bertz CT molecular complexity index is 1420. The van der Waals surface area contributed by atoms with Crippen LogP contribution in [0.1, 0.15) is 11.3 Å². The molecule has 0 saturated carbocycles. The van der Waals surface area contributed by atoms with E-state index < -0.39 is 49.8 Å². The Morgan fingerprint density at radius 2 is 1.86 bits per heavy atom. The number of halogens is 4. The summed E-state index contributed by atoms with van der Waals surface area (Å²) >= 11 is 5.57. The van der Waals surface area contributed by atoms with Crippen LogP contribution in [0, 0.1) is 10.1 Å². The van der Waals surface area contributed by atoms with Gasteiger partial charge in [0.15, 0.2) is 0 Å². The van der Waals surface area contributed by atoms with Gasteiger partial charge < -0.3 is 4.42 Å². The molecule has 36 heavy (non-hydrogen) atoms. The maximum absolute atomic E-state index is 13.2. The van der Waals surface area contributed by atoms with Crippen LogP contribution in [0.3, 0.4) is 0 Å². The molecule has 0 aliphatic heterocycles. The zero-order valence-electron chi connectivity index (χ0n) is 18.2. The first-order chi connectivity index (χ1) is 16.8. The Kier molecular flexibility index (Phi) is 7.69. The van der Waals surface area contributed by atoms with Crippen molar-refractivity contribution in [3.8, 4) is 11.3 Å². The number of nitrogens with zero attached hydrogens (tertiary/aromatic N) is 3. The van der Waals surface area contributed by atoms with Gasteiger partial charge in [0.25, 0.3) is 11.6 Å². The van der Waals surface area contributed by atoms with Crippen molar-refractivity contribution in [2.45, 2.75) is 6.18 Å². The zero-order valence-corrected chi connectivity index (χ0v) is 19.8. The van der Waals surface area contributed by atoms with Gasteiger partial charge >= 0.3 is 6.18 Å². The quantitative estimate of drug-likeness (QED) is 0.253. The van der Waals surface area contributed by atoms with Gasteiger partial charge in [0.05, 0.1) is 33.7 Å². The predicted octanol–water partition coefficient (Wildman–Crippen LogP) is 4.44. The highest BCUT2D eigenvalue weighted by Crippen LogP contribution is 2.37. The van der Waals surface area contributed by atoms with E-state index >= 15 is 0 Å². The fraction of sp³-hybridized carbons (Fsp3) is 0.143. The third-order valence-electron chi connectivity index (χ3n) is 4.60. The van der Waals surface area contributed by atoms with Crippen LogP contribution >= 0.6 is 11.6 Å². The summed E-state index contributed by atoms with van der Waals surface area (Å²) in [6.45, 7) is -0.860. The predicted molar refractivity (Wildman–Crippen MR) is 125 cm³/mol. The molecule has 1 aromatic heterocycles. The second-order valence-corrected chi connectivity index (χ2v) is 9.54. The van der Waals surface area contributed by atoms with Gasteiger partial charge in [-0.2, -0.15) is 18.3 Å². The Morgan fingerprint density at radius 3 is 2.44 bits per heavy atom. The number of nitrogens with one attached hydrogen (secondary N) is 1. The van der Waals surface area contributed by atoms with Crippen molar-refractivity contribution < 1.29 is 35.7 Å². The molecule has 0 spiro atoms. The van der Waals surface area contributed by atoms with E-state index in [0.29, 0.717) is 21.7 Å². The number of benzene rings is 2. The van der Waals surface area contributed by atoms with E-state index in [1.54, 1.807) is 6.07 Å². The third kappa shape index (κ3) is 6.60. The fourth-order valence-electron chi connectivity index (χ4n) is 2.94. The first kappa shape index (κ1) is 26.7. The van der Waals surface area contributed by atoms with E-state index in [1.165, 1.54) is 30.3 Å². The number of furan rings is 1. The number of hydrazone groups is 1. The SMILES string of the molecule is CS(=O)(=O)N(CC(=O)N/N=C\c1ccc(-c2ccc([N+](=O)[O-])cc2)o1)c1ccc(Cl)c(C(F)(F)F)c1. The van der Waals surface area contributed by atoms with Gasteiger partial charge in [0.1, 0.15) is 18.1 Å². The largest absolute Gasteiger partial charge is 0.455 e. The van der Waals surface area contributed by atoms with Crippen LogP contribution in [0.5, 0.6) is 0 Å². The molecule has 0 saturated heterocycles. The highest BCUT2D eigenvalue weighted by molar-refractivity contribution is 7.92. The van der Waals surface area contributed by atoms with Crippen LogP contribution in [0.25, 0.3) is 11.3 Å². The molecule has 0 bridgehead atoms. The molecule has 2 aromatic carbocycles. The molecule has 1 N–H and O–H groups in total. The summed E-state index contributed by atoms with van der Waals surface area (Å²) in [6, 6.07) is 11.1. The molecule has 10 nitrogen and oxygen atoms in total. The Labute approximate surface area is 207 Å². The molecule has 190 valence electrons. The summed E-state index contributed by atoms with van der Waals surface area (Å²) in [5, 5.41) is 13.8. The topological polar surface area (TPSA) is 135 Å². The van der Waals surface area contributed by atoms with Gasteiger partial charge in [-0.25, -0.2) is 13.8 Å². The molecule has 1 heterocycles. The number of alkyl halides is 3. The van der Waals surface area contributed by atoms with E-state index in [1.807, 2.05) is 0 Å². The van der Waals surface area contributed by atoms with Crippen molar-refractivity contribution in [2.24, 2.45) is 5.10 Å². The number of non-ortho nitro benzene ring substituents is 1. The molecular weight excluding hydrogens is 529 g/mol. The first-order valence-corrected chi connectivity index (χ1v) is 12.0. The number of nitro benzene ring substituents is 1. The van der Waals surface area contributed by atoms with E-state index in [-0.39, 0.29) is 11.4 Å². The zero-order chi connectivity index (χ0) is 26.7. The summed E-state index contributed by atoms with van der Waals surface area (Å²) in [5.41, 5.74) is 0.864. The lowest BCUT2D eigenvalue weighted by Crippen LogP contribution is -2.39. The van der Waals surface area contributed by atoms with Crippen LogP contribution in [0.15, 0.2) is 64.1 Å². The lowest BCUT2D eigenvalue weighted by molar-refractivity contribution is -0.384. The van der Waals surface area contributed by atoms with Crippen LogP contribution < -0.4 is 9.73 Å². The summed E-state index contributed by atoms with van der Waals surface area (Å²) < 4.78 is 69.7. The molecule has 0 aliphatic carbocycles. The maximum atomic E-state index is 13.2. The molecule has 15 heteroatoms. The third-order valence-corrected chi connectivity index (χ3v) is 6.07. The monoisotopic (exact) mass is 544 g/mol. The summed E-state index contributed by atoms with van der Waals surface area (Å²) in [4.78, 5) is 22.5. The van der Waals surface area contributed by atoms with Gasteiger partial charge in [-0.1, -0.05) is 11.6 Å². The fourth-order valence-corrected chi connectivity index (χ4v) is 4.02. The van der Waals surface area contributed by atoms with E-state index in [2.05, 4.69) is 10.5 Å². The number of carbonyl (C=O) groups excluding carboxylic acids is 1. The minimum absolute atomic E-state index is 0.0915. The molecule has 0 atom stereocenters. The number of amides is 1. The molecule has 0 aliphatic rings. The number of hydrogen-bond donors (Lipinski definition) is 1. The number of sulfonamides is 1. The standard InChI is InChI=1S/C21H16ClF3N4O6S/c1-36(33,34)28(15-6-8-18(22)17(10-15)21(23,24)25)12-20(30)27-26-11-16-7-9-19(35-16)13-2-4-14(5-3-13)29(31)32/h2-11H,12H2,1H3,(H,27,30)/b26-11-.